The molecule has 0 nitrogen and oxygen atoms in total. The Morgan fingerprint density at radius 2 is 1.39 bits per heavy atom. The third-order valence-corrected chi connectivity index (χ3v) is 4.50. The van der Waals surface area contributed by atoms with Gasteiger partial charge < -0.3 is 0 Å². The summed E-state index contributed by atoms with van der Waals surface area (Å²) in [5, 5.41) is 1.64. The highest BCUT2D eigenvalue weighted by molar-refractivity contribution is 6.48. The fraction of sp³-hybridized carbons (Fsp3) is 0.600. The first-order chi connectivity index (χ1) is 8.66. The van der Waals surface area contributed by atoms with Crippen LogP contribution in [0.3, 0.4) is 0 Å². The van der Waals surface area contributed by atoms with Crippen LogP contribution in [0.5, 0.6) is 0 Å². The lowest BCUT2D eigenvalue weighted by atomic mass is 10.0. The Bertz CT molecular complexity index is 361. The molecule has 0 bridgehead atoms. The summed E-state index contributed by atoms with van der Waals surface area (Å²) < 4.78 is 0. The van der Waals surface area contributed by atoms with Crippen molar-refractivity contribution in [2.75, 3.05) is 0 Å². The molecule has 0 aromatic heterocycles. The maximum atomic E-state index is 6.16. The van der Waals surface area contributed by atoms with Crippen molar-refractivity contribution in [2.24, 2.45) is 0 Å². The summed E-state index contributed by atoms with van der Waals surface area (Å²) in [4.78, 5) is 0. The van der Waals surface area contributed by atoms with E-state index < -0.39 is 0 Å². The van der Waals surface area contributed by atoms with Crippen LogP contribution in [0.25, 0.3) is 0 Å². The molecule has 3 heteroatoms. The topological polar surface area (TPSA) is 0 Å². The number of rotatable bonds is 8. The van der Waals surface area contributed by atoms with Gasteiger partial charge in [-0.3, -0.25) is 0 Å². The molecule has 0 heterocycles. The van der Waals surface area contributed by atoms with E-state index in [1.165, 1.54) is 44.9 Å². The summed E-state index contributed by atoms with van der Waals surface area (Å²) >= 11 is 18.1. The number of benzene rings is 1. The van der Waals surface area contributed by atoms with Crippen LogP contribution in [0.15, 0.2) is 12.1 Å². The molecule has 0 aliphatic rings. The molecule has 0 amide bonds. The van der Waals surface area contributed by atoms with E-state index in [0.29, 0.717) is 15.1 Å². The fourth-order valence-corrected chi connectivity index (χ4v) is 2.68. The lowest BCUT2D eigenvalue weighted by Crippen LogP contribution is -1.89. The smallest absolute Gasteiger partial charge is 0.0781 e. The second-order valence-electron chi connectivity index (χ2n) is 4.71. The van der Waals surface area contributed by atoms with E-state index in [0.717, 1.165) is 12.0 Å². The molecule has 0 aliphatic carbocycles. The molecule has 0 saturated carbocycles. The van der Waals surface area contributed by atoms with Crippen LogP contribution in [-0.4, -0.2) is 0 Å². The van der Waals surface area contributed by atoms with Gasteiger partial charge in [-0.2, -0.15) is 0 Å². The first kappa shape index (κ1) is 16.1. The van der Waals surface area contributed by atoms with E-state index in [1.807, 2.05) is 12.1 Å². The van der Waals surface area contributed by atoms with Crippen molar-refractivity contribution in [1.29, 1.82) is 0 Å². The number of halogens is 3. The number of aryl methyl sites for hydroxylation is 1. The van der Waals surface area contributed by atoms with Crippen LogP contribution in [0.4, 0.5) is 0 Å². The molecule has 1 rings (SSSR count). The van der Waals surface area contributed by atoms with Crippen LogP contribution in [0.2, 0.25) is 15.1 Å². The molecule has 1 aromatic carbocycles. The van der Waals surface area contributed by atoms with Crippen LogP contribution in [-0.2, 0) is 6.42 Å². The molecule has 0 radical (unpaired) electrons. The molecule has 102 valence electrons. The normalized spacial score (nSPS) is 10.9. The molecular formula is C15H21Cl3. The van der Waals surface area contributed by atoms with Crippen molar-refractivity contribution < 1.29 is 0 Å². The lowest BCUT2D eigenvalue weighted by molar-refractivity contribution is 0.589. The Morgan fingerprint density at radius 1 is 0.778 bits per heavy atom. The van der Waals surface area contributed by atoms with Crippen molar-refractivity contribution >= 4 is 34.8 Å². The van der Waals surface area contributed by atoms with Gasteiger partial charge in [-0.25, -0.2) is 0 Å². The summed E-state index contributed by atoms with van der Waals surface area (Å²) in [6.45, 7) is 2.24. The second kappa shape index (κ2) is 9.07. The molecule has 0 N–H and O–H groups in total. The zero-order chi connectivity index (χ0) is 13.4. The highest BCUT2D eigenvalue weighted by Gasteiger charge is 2.08. The minimum absolute atomic E-state index is 0.485. The van der Waals surface area contributed by atoms with Gasteiger partial charge >= 0.3 is 0 Å². The van der Waals surface area contributed by atoms with E-state index in [1.54, 1.807) is 0 Å². The lowest BCUT2D eigenvalue weighted by Gasteiger charge is -2.07. The SMILES string of the molecule is CCCCCCCCCc1ccc(Cl)c(Cl)c1Cl. The van der Waals surface area contributed by atoms with Gasteiger partial charge in [0.25, 0.3) is 0 Å². The molecule has 1 aromatic rings. The Labute approximate surface area is 126 Å². The number of hydrogen-bond donors (Lipinski definition) is 0. The zero-order valence-electron chi connectivity index (χ0n) is 10.9. The minimum Gasteiger partial charge on any atom is -0.0827 e. The van der Waals surface area contributed by atoms with E-state index in [4.69, 9.17) is 34.8 Å². The van der Waals surface area contributed by atoms with Crippen molar-refractivity contribution in [3.05, 3.63) is 32.8 Å². The zero-order valence-corrected chi connectivity index (χ0v) is 13.2. The molecule has 18 heavy (non-hydrogen) atoms. The van der Waals surface area contributed by atoms with Gasteiger partial charge in [-0.15, -0.1) is 0 Å². The molecule has 0 unspecified atom stereocenters. The maximum absolute atomic E-state index is 6.16. The molecule has 0 atom stereocenters. The van der Waals surface area contributed by atoms with Crippen molar-refractivity contribution in [2.45, 2.75) is 58.3 Å². The van der Waals surface area contributed by atoms with Crippen LogP contribution >= 0.6 is 34.8 Å². The Morgan fingerprint density at radius 3 is 2.06 bits per heavy atom. The van der Waals surface area contributed by atoms with E-state index >= 15 is 0 Å². The van der Waals surface area contributed by atoms with Crippen LogP contribution < -0.4 is 0 Å². The predicted octanol–water partition coefficient (Wildman–Crippen LogP) is 6.94. The van der Waals surface area contributed by atoms with E-state index in [2.05, 4.69) is 6.92 Å². The summed E-state index contributed by atoms with van der Waals surface area (Å²) in [6, 6.07) is 3.81. The molecule has 0 saturated heterocycles. The predicted molar refractivity (Wildman–Crippen MR) is 83.2 cm³/mol. The van der Waals surface area contributed by atoms with Gasteiger partial charge in [0.2, 0.25) is 0 Å². The van der Waals surface area contributed by atoms with E-state index in [-0.39, 0.29) is 0 Å². The molecular weight excluding hydrogens is 287 g/mol. The first-order valence-electron chi connectivity index (χ1n) is 6.79. The monoisotopic (exact) mass is 306 g/mol. The second-order valence-corrected chi connectivity index (χ2v) is 5.87. The van der Waals surface area contributed by atoms with E-state index in [9.17, 15) is 0 Å². The summed E-state index contributed by atoms with van der Waals surface area (Å²) in [7, 11) is 0. The Kier molecular flexibility index (Phi) is 8.13. The van der Waals surface area contributed by atoms with Gasteiger partial charge in [0, 0.05) is 0 Å². The molecule has 0 aliphatic heterocycles. The molecule has 0 fully saturated rings. The van der Waals surface area contributed by atoms with Crippen molar-refractivity contribution in [3.63, 3.8) is 0 Å². The first-order valence-corrected chi connectivity index (χ1v) is 7.92. The Balaban J connectivity index is 2.25. The van der Waals surface area contributed by atoms with Crippen molar-refractivity contribution in [3.8, 4) is 0 Å². The Hall–Kier alpha value is 0.0900. The average Bonchev–Trinajstić information content (AvgIpc) is 2.37. The summed E-state index contributed by atoms with van der Waals surface area (Å²) in [5.41, 5.74) is 1.11. The van der Waals surface area contributed by atoms with Crippen LogP contribution in [0, 0.1) is 0 Å². The van der Waals surface area contributed by atoms with Gasteiger partial charge in [0.05, 0.1) is 15.1 Å². The van der Waals surface area contributed by atoms with Gasteiger partial charge in [-0.1, -0.05) is 86.3 Å². The highest BCUT2D eigenvalue weighted by atomic mass is 35.5. The summed E-state index contributed by atoms with van der Waals surface area (Å²) in [5.74, 6) is 0. The highest BCUT2D eigenvalue weighted by Crippen LogP contribution is 2.33. The standard InChI is InChI=1S/C15H21Cl3/c1-2-3-4-5-6-7-8-9-12-10-11-13(16)15(18)14(12)17/h10-11H,2-9H2,1H3. The quantitative estimate of drug-likeness (QED) is 0.360. The van der Waals surface area contributed by atoms with Gasteiger partial charge in [-0.05, 0) is 24.5 Å². The number of hydrogen-bond acceptors (Lipinski definition) is 0. The third-order valence-electron chi connectivity index (χ3n) is 3.16. The van der Waals surface area contributed by atoms with Gasteiger partial charge in [0.15, 0.2) is 0 Å². The molecule has 0 spiro atoms. The minimum atomic E-state index is 0.485. The average molecular weight is 308 g/mol. The maximum Gasteiger partial charge on any atom is 0.0781 e. The van der Waals surface area contributed by atoms with Crippen molar-refractivity contribution in [1.82, 2.24) is 0 Å². The third kappa shape index (κ3) is 5.38. The largest absolute Gasteiger partial charge is 0.0827 e. The summed E-state index contributed by atoms with van der Waals surface area (Å²) in [6.07, 6.45) is 10.1. The van der Waals surface area contributed by atoms with Crippen LogP contribution in [0.1, 0.15) is 57.4 Å². The number of unbranched alkanes of at least 4 members (excludes halogenated alkanes) is 6. The fourth-order valence-electron chi connectivity index (χ4n) is 2.03. The van der Waals surface area contributed by atoms with Gasteiger partial charge in [0.1, 0.15) is 0 Å².